The Balaban J connectivity index is 2.06. The smallest absolute Gasteiger partial charge is 0.104 e. The van der Waals surface area contributed by atoms with Crippen LogP contribution in [0.2, 0.25) is 0 Å². The molecule has 1 aliphatic heterocycles. The van der Waals surface area contributed by atoms with Crippen molar-refractivity contribution in [3.05, 3.63) is 48.2 Å². The minimum absolute atomic E-state index is 0.684. The van der Waals surface area contributed by atoms with Crippen molar-refractivity contribution in [3.8, 4) is 0 Å². The lowest BCUT2D eigenvalue weighted by Crippen LogP contribution is -2.19. The summed E-state index contributed by atoms with van der Waals surface area (Å²) >= 11 is 0. The zero-order chi connectivity index (χ0) is 9.10. The quantitative estimate of drug-likeness (QED) is 0.728. The molecule has 2 nitrogen and oxygen atoms in total. The minimum Gasteiger partial charge on any atom is -0.333 e. The Labute approximate surface area is 78.0 Å². The molecule has 1 aliphatic rings. The minimum atomic E-state index is 0.684. The van der Waals surface area contributed by atoms with E-state index in [0.29, 0.717) is 5.84 Å². The largest absolute Gasteiger partial charge is 0.333 e. The summed E-state index contributed by atoms with van der Waals surface area (Å²) in [6, 6.07) is 10.2. The van der Waals surface area contributed by atoms with E-state index in [1.54, 1.807) is 0 Å². The molecular weight excluding hydrogens is 160 g/mol. The van der Waals surface area contributed by atoms with Crippen LogP contribution in [0.3, 0.4) is 0 Å². The first-order valence-electron chi connectivity index (χ1n) is 4.41. The molecular formula is C11H12N2. The third-order valence-corrected chi connectivity index (χ3v) is 2.14. The van der Waals surface area contributed by atoms with Crippen LogP contribution in [-0.4, -0.2) is 10.7 Å². The zero-order valence-corrected chi connectivity index (χ0v) is 7.40. The highest BCUT2D eigenvalue weighted by Gasteiger charge is 2.10. The molecule has 1 N–H and O–H groups in total. The summed E-state index contributed by atoms with van der Waals surface area (Å²) in [5, 5.41) is 7.62. The van der Waals surface area contributed by atoms with Crippen LogP contribution in [0.5, 0.6) is 0 Å². The Morgan fingerprint density at radius 1 is 1.23 bits per heavy atom. The van der Waals surface area contributed by atoms with E-state index in [9.17, 15) is 0 Å². The molecule has 0 fully saturated rings. The van der Waals surface area contributed by atoms with Crippen LogP contribution in [0, 0.1) is 5.41 Å². The summed E-state index contributed by atoms with van der Waals surface area (Å²) in [4.78, 5) is 1.97. The molecule has 2 rings (SSSR count). The van der Waals surface area contributed by atoms with Crippen molar-refractivity contribution in [1.29, 1.82) is 5.41 Å². The van der Waals surface area contributed by atoms with Gasteiger partial charge in [-0.1, -0.05) is 36.4 Å². The predicted octanol–water partition coefficient (Wildman–Crippen LogP) is 2.38. The topological polar surface area (TPSA) is 27.1 Å². The molecule has 0 amide bonds. The van der Waals surface area contributed by atoms with E-state index in [1.807, 2.05) is 35.4 Å². The zero-order valence-electron chi connectivity index (χ0n) is 7.40. The molecule has 0 saturated heterocycles. The highest BCUT2D eigenvalue weighted by molar-refractivity contribution is 5.83. The van der Waals surface area contributed by atoms with Gasteiger partial charge in [0.15, 0.2) is 0 Å². The van der Waals surface area contributed by atoms with Crippen molar-refractivity contribution in [3.63, 3.8) is 0 Å². The van der Waals surface area contributed by atoms with Crippen molar-refractivity contribution in [1.82, 2.24) is 4.90 Å². The Morgan fingerprint density at radius 3 is 2.62 bits per heavy atom. The van der Waals surface area contributed by atoms with E-state index in [4.69, 9.17) is 5.41 Å². The van der Waals surface area contributed by atoms with Gasteiger partial charge in [-0.25, -0.2) is 0 Å². The Morgan fingerprint density at radius 2 is 2.00 bits per heavy atom. The molecule has 1 aromatic rings. The Kier molecular flexibility index (Phi) is 2.13. The average molecular weight is 172 g/mol. The second-order valence-corrected chi connectivity index (χ2v) is 3.15. The lowest BCUT2D eigenvalue weighted by molar-refractivity contribution is 0.556. The normalized spacial score (nSPS) is 15.4. The number of nitrogens with zero attached hydrogens (tertiary/aromatic N) is 1. The van der Waals surface area contributed by atoms with Gasteiger partial charge < -0.3 is 4.90 Å². The summed E-state index contributed by atoms with van der Waals surface area (Å²) in [6.07, 6.45) is 4.77. The standard InChI is InChI=1S/C11H12N2/c12-11-7-4-8-13(11)9-10-5-2-1-3-6-10/h1-6,8,12H,7,9H2. The van der Waals surface area contributed by atoms with Crippen molar-refractivity contribution in [2.45, 2.75) is 13.0 Å². The van der Waals surface area contributed by atoms with Gasteiger partial charge in [0.25, 0.3) is 0 Å². The predicted molar refractivity (Wildman–Crippen MR) is 53.5 cm³/mol. The first-order valence-corrected chi connectivity index (χ1v) is 4.41. The van der Waals surface area contributed by atoms with Gasteiger partial charge in [0.1, 0.15) is 5.84 Å². The van der Waals surface area contributed by atoms with Gasteiger partial charge in [-0.05, 0) is 5.56 Å². The fourth-order valence-corrected chi connectivity index (χ4v) is 1.43. The van der Waals surface area contributed by atoms with E-state index in [2.05, 4.69) is 12.1 Å². The van der Waals surface area contributed by atoms with Gasteiger partial charge in [-0.15, -0.1) is 0 Å². The van der Waals surface area contributed by atoms with Crippen LogP contribution in [0.1, 0.15) is 12.0 Å². The van der Waals surface area contributed by atoms with Gasteiger partial charge >= 0.3 is 0 Å². The Hall–Kier alpha value is -1.57. The molecule has 0 radical (unpaired) electrons. The number of rotatable bonds is 2. The van der Waals surface area contributed by atoms with E-state index in [1.165, 1.54) is 5.56 Å². The summed E-state index contributed by atoms with van der Waals surface area (Å²) < 4.78 is 0. The van der Waals surface area contributed by atoms with E-state index >= 15 is 0 Å². The SMILES string of the molecule is N=C1CC=CN1Cc1ccccc1. The monoisotopic (exact) mass is 172 g/mol. The molecule has 13 heavy (non-hydrogen) atoms. The van der Waals surface area contributed by atoms with Crippen molar-refractivity contribution in [2.24, 2.45) is 0 Å². The van der Waals surface area contributed by atoms with E-state index in [-0.39, 0.29) is 0 Å². The maximum atomic E-state index is 7.62. The molecule has 0 spiro atoms. The molecule has 0 bridgehead atoms. The highest BCUT2D eigenvalue weighted by Crippen LogP contribution is 2.11. The number of hydrogen-bond acceptors (Lipinski definition) is 1. The average Bonchev–Trinajstić information content (AvgIpc) is 2.54. The highest BCUT2D eigenvalue weighted by atomic mass is 15.2. The van der Waals surface area contributed by atoms with Gasteiger partial charge in [-0.3, -0.25) is 5.41 Å². The number of hydrogen-bond donors (Lipinski definition) is 1. The summed E-state index contributed by atoms with van der Waals surface area (Å²) in [6.45, 7) is 0.816. The van der Waals surface area contributed by atoms with Gasteiger partial charge in [0.2, 0.25) is 0 Å². The van der Waals surface area contributed by atoms with Crippen LogP contribution in [0.4, 0.5) is 0 Å². The number of benzene rings is 1. The second kappa shape index (κ2) is 3.44. The molecule has 1 heterocycles. The van der Waals surface area contributed by atoms with Crippen LogP contribution < -0.4 is 0 Å². The van der Waals surface area contributed by atoms with Crippen molar-refractivity contribution in [2.75, 3.05) is 0 Å². The first-order chi connectivity index (χ1) is 6.36. The van der Waals surface area contributed by atoms with Gasteiger partial charge in [0.05, 0.1) is 0 Å². The maximum Gasteiger partial charge on any atom is 0.104 e. The third-order valence-electron chi connectivity index (χ3n) is 2.14. The fourth-order valence-electron chi connectivity index (χ4n) is 1.43. The molecule has 0 unspecified atom stereocenters. The van der Waals surface area contributed by atoms with E-state index < -0.39 is 0 Å². The molecule has 1 aromatic carbocycles. The van der Waals surface area contributed by atoms with E-state index in [0.717, 1.165) is 13.0 Å². The number of nitrogens with one attached hydrogen (secondary N) is 1. The molecule has 0 atom stereocenters. The molecule has 0 saturated carbocycles. The lowest BCUT2D eigenvalue weighted by Gasteiger charge is -2.15. The summed E-state index contributed by atoms with van der Waals surface area (Å²) in [5.41, 5.74) is 1.25. The van der Waals surface area contributed by atoms with Gasteiger partial charge in [0, 0.05) is 19.2 Å². The summed E-state index contributed by atoms with van der Waals surface area (Å²) in [5.74, 6) is 0.684. The Bertz CT molecular complexity index is 327. The molecule has 0 aliphatic carbocycles. The third kappa shape index (κ3) is 1.78. The molecule has 66 valence electrons. The lowest BCUT2D eigenvalue weighted by atomic mass is 10.2. The molecule has 2 heteroatoms. The maximum absolute atomic E-state index is 7.62. The van der Waals surface area contributed by atoms with Crippen LogP contribution in [-0.2, 0) is 6.54 Å². The van der Waals surface area contributed by atoms with Gasteiger partial charge in [-0.2, -0.15) is 0 Å². The van der Waals surface area contributed by atoms with Crippen molar-refractivity contribution < 1.29 is 0 Å². The number of amidine groups is 1. The fraction of sp³-hybridized carbons (Fsp3) is 0.182. The first kappa shape index (κ1) is 8.05. The van der Waals surface area contributed by atoms with Crippen LogP contribution in [0.15, 0.2) is 42.6 Å². The van der Waals surface area contributed by atoms with Crippen molar-refractivity contribution >= 4 is 5.84 Å². The van der Waals surface area contributed by atoms with Crippen LogP contribution >= 0.6 is 0 Å². The van der Waals surface area contributed by atoms with Crippen LogP contribution in [0.25, 0.3) is 0 Å². The summed E-state index contributed by atoms with van der Waals surface area (Å²) in [7, 11) is 0. The second-order valence-electron chi connectivity index (χ2n) is 3.15. The molecule has 0 aromatic heterocycles.